The second-order valence-electron chi connectivity index (χ2n) is 6.91. The summed E-state index contributed by atoms with van der Waals surface area (Å²) in [4.78, 5) is 12.6. The van der Waals surface area contributed by atoms with Crippen molar-refractivity contribution in [3.63, 3.8) is 0 Å². The highest BCUT2D eigenvalue weighted by Gasteiger charge is 2.29. The number of nitrogens with one attached hydrogen (secondary N) is 1. The summed E-state index contributed by atoms with van der Waals surface area (Å²) in [6.07, 6.45) is 7.71. The van der Waals surface area contributed by atoms with Crippen LogP contribution in [0.5, 0.6) is 0 Å². The third-order valence-electron chi connectivity index (χ3n) is 4.42. The van der Waals surface area contributed by atoms with E-state index in [2.05, 4.69) is 11.4 Å². The minimum atomic E-state index is -3.58. The molecule has 0 aliphatic heterocycles. The molecule has 1 amide bonds. The van der Waals surface area contributed by atoms with Gasteiger partial charge in [-0.3, -0.25) is 9.10 Å². The molecule has 25 heavy (non-hydrogen) atoms. The number of hydrogen-bond donors (Lipinski definition) is 1. The van der Waals surface area contributed by atoms with Gasteiger partial charge in [-0.15, -0.1) is 0 Å². The maximum atomic E-state index is 12.6. The van der Waals surface area contributed by atoms with Crippen molar-refractivity contribution in [2.75, 3.05) is 17.1 Å². The van der Waals surface area contributed by atoms with Crippen molar-refractivity contribution >= 4 is 21.6 Å². The van der Waals surface area contributed by atoms with Crippen molar-refractivity contribution in [3.05, 3.63) is 41.0 Å². The van der Waals surface area contributed by atoms with E-state index in [0.29, 0.717) is 12.2 Å². The zero-order valence-corrected chi connectivity index (χ0v) is 16.3. The third kappa shape index (κ3) is 5.33. The first-order chi connectivity index (χ1) is 11.7. The molecule has 138 valence electrons. The van der Waals surface area contributed by atoms with Gasteiger partial charge in [0.25, 0.3) is 0 Å². The molecule has 5 nitrogen and oxygen atoms in total. The number of carbonyl (C=O) groups excluding carboxylic acids is 1. The Morgan fingerprint density at radius 2 is 1.84 bits per heavy atom. The third-order valence-corrected chi connectivity index (χ3v) is 5.67. The molecular weight excluding hydrogens is 336 g/mol. The van der Waals surface area contributed by atoms with Gasteiger partial charge in [-0.05, 0) is 69.7 Å². The van der Waals surface area contributed by atoms with Crippen LogP contribution in [0.25, 0.3) is 0 Å². The van der Waals surface area contributed by atoms with E-state index >= 15 is 0 Å². The van der Waals surface area contributed by atoms with Crippen LogP contribution in [0.1, 0.15) is 43.7 Å². The number of rotatable bonds is 6. The lowest BCUT2D eigenvalue weighted by atomic mass is 10.00. The summed E-state index contributed by atoms with van der Waals surface area (Å²) in [5.41, 5.74) is 3.68. The second kappa shape index (κ2) is 8.04. The Hall–Kier alpha value is -1.82. The minimum absolute atomic E-state index is 0.281. The maximum absolute atomic E-state index is 12.6. The summed E-state index contributed by atoms with van der Waals surface area (Å²) in [5, 5.41) is 2.89. The van der Waals surface area contributed by atoms with Crippen molar-refractivity contribution in [2.45, 2.75) is 52.5 Å². The SMILES string of the molecule is Cc1cc(C)cc(N(C(C)C(=O)NCC2=CCCCC2)S(C)(=O)=O)c1. The molecule has 1 aromatic rings. The van der Waals surface area contributed by atoms with Gasteiger partial charge in [0.05, 0.1) is 11.9 Å². The molecule has 0 saturated carbocycles. The van der Waals surface area contributed by atoms with Gasteiger partial charge >= 0.3 is 0 Å². The molecule has 0 saturated heterocycles. The van der Waals surface area contributed by atoms with E-state index in [1.807, 2.05) is 19.9 Å². The van der Waals surface area contributed by atoms with Gasteiger partial charge in [0.2, 0.25) is 15.9 Å². The fourth-order valence-corrected chi connectivity index (χ4v) is 4.46. The molecule has 0 bridgehead atoms. The zero-order valence-electron chi connectivity index (χ0n) is 15.5. The number of benzene rings is 1. The van der Waals surface area contributed by atoms with Crippen molar-refractivity contribution in [2.24, 2.45) is 0 Å². The fourth-order valence-electron chi connectivity index (χ4n) is 3.30. The summed E-state index contributed by atoms with van der Waals surface area (Å²) in [7, 11) is -3.58. The van der Waals surface area contributed by atoms with Crippen LogP contribution in [0.2, 0.25) is 0 Å². The van der Waals surface area contributed by atoms with Gasteiger partial charge in [-0.25, -0.2) is 8.42 Å². The van der Waals surface area contributed by atoms with Crippen LogP contribution in [0.4, 0.5) is 5.69 Å². The van der Waals surface area contributed by atoms with E-state index in [0.717, 1.165) is 36.6 Å². The fraction of sp³-hybridized carbons (Fsp3) is 0.526. The molecule has 1 unspecified atom stereocenters. The van der Waals surface area contributed by atoms with E-state index in [9.17, 15) is 13.2 Å². The van der Waals surface area contributed by atoms with E-state index in [-0.39, 0.29) is 5.91 Å². The van der Waals surface area contributed by atoms with E-state index in [1.165, 1.54) is 16.3 Å². The predicted molar refractivity (Wildman–Crippen MR) is 102 cm³/mol. The van der Waals surface area contributed by atoms with Crippen LogP contribution in [0, 0.1) is 13.8 Å². The quantitative estimate of drug-likeness (QED) is 0.789. The van der Waals surface area contributed by atoms with Crippen molar-refractivity contribution in [1.29, 1.82) is 0 Å². The van der Waals surface area contributed by atoms with Gasteiger partial charge in [0, 0.05) is 6.54 Å². The van der Waals surface area contributed by atoms with Crippen molar-refractivity contribution in [1.82, 2.24) is 5.32 Å². The maximum Gasteiger partial charge on any atom is 0.243 e. The minimum Gasteiger partial charge on any atom is -0.351 e. The Bertz CT molecular complexity index is 749. The molecule has 1 aliphatic rings. The normalized spacial score (nSPS) is 16.1. The molecule has 0 fully saturated rings. The highest BCUT2D eigenvalue weighted by atomic mass is 32.2. The molecule has 1 aliphatic carbocycles. The lowest BCUT2D eigenvalue weighted by Gasteiger charge is -2.29. The van der Waals surface area contributed by atoms with Gasteiger partial charge in [-0.1, -0.05) is 17.7 Å². The lowest BCUT2D eigenvalue weighted by Crippen LogP contribution is -2.48. The van der Waals surface area contributed by atoms with Crippen LogP contribution in [0.3, 0.4) is 0 Å². The number of aryl methyl sites for hydroxylation is 2. The van der Waals surface area contributed by atoms with Gasteiger partial charge in [-0.2, -0.15) is 0 Å². The number of allylic oxidation sites excluding steroid dienone is 1. The number of nitrogens with zero attached hydrogens (tertiary/aromatic N) is 1. The first-order valence-corrected chi connectivity index (χ1v) is 10.6. The van der Waals surface area contributed by atoms with E-state index in [1.54, 1.807) is 19.1 Å². The molecule has 0 radical (unpaired) electrons. The Labute approximate surface area is 151 Å². The number of amides is 1. The average Bonchev–Trinajstić information content (AvgIpc) is 2.51. The van der Waals surface area contributed by atoms with E-state index < -0.39 is 16.1 Å². The van der Waals surface area contributed by atoms with Crippen LogP contribution in [-0.2, 0) is 14.8 Å². The molecule has 0 aromatic heterocycles. The summed E-state index contributed by atoms with van der Waals surface area (Å²) in [6, 6.07) is 4.76. The first-order valence-electron chi connectivity index (χ1n) is 8.72. The Kier molecular flexibility index (Phi) is 6.27. The van der Waals surface area contributed by atoms with E-state index in [4.69, 9.17) is 0 Å². The highest BCUT2D eigenvalue weighted by Crippen LogP contribution is 2.24. The lowest BCUT2D eigenvalue weighted by molar-refractivity contribution is -0.121. The summed E-state index contributed by atoms with van der Waals surface area (Å²) >= 11 is 0. The number of anilines is 1. The first kappa shape index (κ1) is 19.5. The molecule has 1 atom stereocenters. The molecular formula is C19H28N2O3S. The summed E-state index contributed by atoms with van der Waals surface area (Å²) in [6.45, 7) is 5.95. The van der Waals surface area contributed by atoms with Crippen LogP contribution in [0.15, 0.2) is 29.8 Å². The highest BCUT2D eigenvalue weighted by molar-refractivity contribution is 7.92. The van der Waals surface area contributed by atoms with Gasteiger partial charge in [0.1, 0.15) is 6.04 Å². The van der Waals surface area contributed by atoms with Crippen molar-refractivity contribution in [3.8, 4) is 0 Å². The molecule has 1 aromatic carbocycles. The molecule has 6 heteroatoms. The largest absolute Gasteiger partial charge is 0.351 e. The zero-order chi connectivity index (χ0) is 18.6. The van der Waals surface area contributed by atoms with Crippen LogP contribution in [-0.4, -0.2) is 33.2 Å². The molecule has 1 N–H and O–H groups in total. The second-order valence-corrected chi connectivity index (χ2v) is 8.77. The number of sulfonamides is 1. The molecule has 2 rings (SSSR count). The summed E-state index contributed by atoms with van der Waals surface area (Å²) in [5.74, 6) is -0.281. The molecule has 0 heterocycles. The van der Waals surface area contributed by atoms with Crippen molar-refractivity contribution < 1.29 is 13.2 Å². The predicted octanol–water partition coefficient (Wildman–Crippen LogP) is 3.07. The number of hydrogen-bond acceptors (Lipinski definition) is 3. The smallest absolute Gasteiger partial charge is 0.243 e. The summed E-state index contributed by atoms with van der Waals surface area (Å²) < 4.78 is 25.9. The Balaban J connectivity index is 2.19. The van der Waals surface area contributed by atoms with Gasteiger partial charge < -0.3 is 5.32 Å². The monoisotopic (exact) mass is 364 g/mol. The van der Waals surface area contributed by atoms with Gasteiger partial charge in [0.15, 0.2) is 0 Å². The van der Waals surface area contributed by atoms with Crippen LogP contribution >= 0.6 is 0 Å². The standard InChI is InChI=1S/C19H28N2O3S/c1-14-10-15(2)12-18(11-14)21(25(4,23)24)16(3)19(22)20-13-17-8-6-5-7-9-17/h8,10-12,16H,5-7,9,13H2,1-4H3,(H,20,22). The molecule has 0 spiro atoms. The Morgan fingerprint density at radius 1 is 1.20 bits per heavy atom. The van der Waals surface area contributed by atoms with Crippen LogP contribution < -0.4 is 9.62 Å². The topological polar surface area (TPSA) is 66.5 Å². The Morgan fingerprint density at radius 3 is 2.36 bits per heavy atom. The number of carbonyl (C=O) groups is 1. The average molecular weight is 365 g/mol.